The summed E-state index contributed by atoms with van der Waals surface area (Å²) in [6, 6.07) is 0. The Hall–Kier alpha value is -1.59. The lowest BCUT2D eigenvalue weighted by Crippen LogP contribution is -2.52. The maximum Gasteiger partial charge on any atom is 0.306 e. The first-order valence-electron chi connectivity index (χ1n) is 7.26. The molecule has 2 rings (SSSR count). The number of hydrogen-bond donors (Lipinski definition) is 1. The van der Waals surface area contributed by atoms with Crippen LogP contribution in [-0.4, -0.2) is 58.9 Å². The Balaban J connectivity index is 1.88. The third-order valence-corrected chi connectivity index (χ3v) is 4.41. The van der Waals surface area contributed by atoms with Gasteiger partial charge in [0.15, 0.2) is 0 Å². The molecule has 2 fully saturated rings. The lowest BCUT2D eigenvalue weighted by atomic mass is 9.80. The zero-order valence-corrected chi connectivity index (χ0v) is 11.9. The molecular formula is C14H22N2O4. The highest BCUT2D eigenvalue weighted by Crippen LogP contribution is 2.30. The number of amides is 2. The van der Waals surface area contributed by atoms with E-state index in [1.54, 1.807) is 9.80 Å². The standard InChI is InChI=1S/C14H22N2O4/c1-10(17)15-5-7-16(8-6-15)13(18)11-3-2-4-12(9-11)14(19)20/h11-12H,2-9H2,1H3,(H,19,20). The van der Waals surface area contributed by atoms with Gasteiger partial charge in [0, 0.05) is 39.0 Å². The minimum Gasteiger partial charge on any atom is -0.481 e. The zero-order chi connectivity index (χ0) is 14.7. The van der Waals surface area contributed by atoms with Gasteiger partial charge in [-0.1, -0.05) is 6.42 Å². The van der Waals surface area contributed by atoms with Gasteiger partial charge >= 0.3 is 5.97 Å². The van der Waals surface area contributed by atoms with Gasteiger partial charge < -0.3 is 14.9 Å². The minimum absolute atomic E-state index is 0.0423. The molecule has 1 heterocycles. The second kappa shape index (κ2) is 6.24. The maximum atomic E-state index is 12.4. The fourth-order valence-electron chi connectivity index (χ4n) is 3.14. The molecular weight excluding hydrogens is 260 g/mol. The number of aliphatic carboxylic acids is 1. The highest BCUT2D eigenvalue weighted by Gasteiger charge is 2.34. The first-order chi connectivity index (χ1) is 9.49. The molecule has 2 atom stereocenters. The maximum absolute atomic E-state index is 12.4. The topological polar surface area (TPSA) is 77.9 Å². The van der Waals surface area contributed by atoms with E-state index in [2.05, 4.69) is 0 Å². The molecule has 0 aromatic heterocycles. The number of piperazine rings is 1. The average Bonchev–Trinajstić information content (AvgIpc) is 2.46. The van der Waals surface area contributed by atoms with Crippen LogP contribution in [0, 0.1) is 11.8 Å². The molecule has 1 N–H and O–H groups in total. The average molecular weight is 282 g/mol. The van der Waals surface area contributed by atoms with Crippen LogP contribution >= 0.6 is 0 Å². The molecule has 2 unspecified atom stereocenters. The Morgan fingerprint density at radius 1 is 0.950 bits per heavy atom. The van der Waals surface area contributed by atoms with Crippen LogP contribution < -0.4 is 0 Å². The minimum atomic E-state index is -0.788. The monoisotopic (exact) mass is 282 g/mol. The van der Waals surface area contributed by atoms with Gasteiger partial charge in [0.05, 0.1) is 5.92 Å². The van der Waals surface area contributed by atoms with Gasteiger partial charge in [0.2, 0.25) is 11.8 Å². The molecule has 2 aliphatic rings. The third-order valence-electron chi connectivity index (χ3n) is 4.41. The van der Waals surface area contributed by atoms with Crippen molar-refractivity contribution in [3.05, 3.63) is 0 Å². The van der Waals surface area contributed by atoms with E-state index >= 15 is 0 Å². The first kappa shape index (κ1) is 14.8. The summed E-state index contributed by atoms with van der Waals surface area (Å²) in [5, 5.41) is 9.07. The summed E-state index contributed by atoms with van der Waals surface area (Å²) in [6.45, 7) is 3.82. The second-order valence-corrected chi connectivity index (χ2v) is 5.73. The lowest BCUT2D eigenvalue weighted by Gasteiger charge is -2.37. The van der Waals surface area contributed by atoms with Gasteiger partial charge in [0.1, 0.15) is 0 Å². The van der Waals surface area contributed by atoms with Crippen LogP contribution in [-0.2, 0) is 14.4 Å². The predicted octanol–water partition coefficient (Wildman–Crippen LogP) is 0.568. The van der Waals surface area contributed by atoms with E-state index < -0.39 is 5.97 Å². The van der Waals surface area contributed by atoms with E-state index in [1.165, 1.54) is 6.92 Å². The van der Waals surface area contributed by atoms with Crippen LogP contribution in [0.2, 0.25) is 0 Å². The van der Waals surface area contributed by atoms with E-state index in [0.717, 1.165) is 12.8 Å². The van der Waals surface area contributed by atoms with Gasteiger partial charge in [-0.2, -0.15) is 0 Å². The highest BCUT2D eigenvalue weighted by atomic mass is 16.4. The molecule has 0 radical (unpaired) electrons. The summed E-state index contributed by atoms with van der Waals surface area (Å²) >= 11 is 0. The van der Waals surface area contributed by atoms with Crippen LogP contribution in [0.5, 0.6) is 0 Å². The number of carboxylic acid groups (broad SMARTS) is 1. The lowest BCUT2D eigenvalue weighted by molar-refractivity contribution is -0.147. The molecule has 1 saturated carbocycles. The fourth-order valence-corrected chi connectivity index (χ4v) is 3.14. The van der Waals surface area contributed by atoms with E-state index in [0.29, 0.717) is 39.0 Å². The van der Waals surface area contributed by atoms with Crippen molar-refractivity contribution >= 4 is 17.8 Å². The third kappa shape index (κ3) is 3.29. The van der Waals surface area contributed by atoms with Crippen molar-refractivity contribution in [3.8, 4) is 0 Å². The molecule has 1 aliphatic heterocycles. The number of carbonyl (C=O) groups excluding carboxylic acids is 2. The molecule has 112 valence electrons. The summed E-state index contributed by atoms with van der Waals surface area (Å²) in [4.78, 5) is 38.3. The number of carboxylic acids is 1. The van der Waals surface area contributed by atoms with Crippen molar-refractivity contribution in [3.63, 3.8) is 0 Å². The van der Waals surface area contributed by atoms with Crippen LogP contribution in [0.15, 0.2) is 0 Å². The van der Waals surface area contributed by atoms with E-state index in [-0.39, 0.29) is 23.7 Å². The van der Waals surface area contributed by atoms with Gasteiger partial charge in [-0.05, 0) is 19.3 Å². The van der Waals surface area contributed by atoms with Crippen molar-refractivity contribution in [2.45, 2.75) is 32.6 Å². The molecule has 2 amide bonds. The van der Waals surface area contributed by atoms with Crippen molar-refractivity contribution < 1.29 is 19.5 Å². The van der Waals surface area contributed by atoms with Crippen LogP contribution in [0.25, 0.3) is 0 Å². The van der Waals surface area contributed by atoms with Gasteiger partial charge in [-0.3, -0.25) is 14.4 Å². The summed E-state index contributed by atoms with van der Waals surface area (Å²) in [5.41, 5.74) is 0. The van der Waals surface area contributed by atoms with Gasteiger partial charge in [0.25, 0.3) is 0 Å². The Labute approximate surface area is 118 Å². The molecule has 6 nitrogen and oxygen atoms in total. The van der Waals surface area contributed by atoms with Crippen molar-refractivity contribution in [2.75, 3.05) is 26.2 Å². The molecule has 6 heteroatoms. The van der Waals surface area contributed by atoms with Crippen LogP contribution in [0.3, 0.4) is 0 Å². The Bertz CT molecular complexity index is 402. The fraction of sp³-hybridized carbons (Fsp3) is 0.786. The number of carbonyl (C=O) groups is 3. The molecule has 0 spiro atoms. The normalized spacial score (nSPS) is 27.2. The van der Waals surface area contributed by atoms with E-state index in [1.807, 2.05) is 0 Å². The van der Waals surface area contributed by atoms with Crippen LogP contribution in [0.4, 0.5) is 0 Å². The number of rotatable bonds is 2. The summed E-state index contributed by atoms with van der Waals surface area (Å²) in [7, 11) is 0. The number of hydrogen-bond acceptors (Lipinski definition) is 3. The highest BCUT2D eigenvalue weighted by molar-refractivity contribution is 5.81. The van der Waals surface area contributed by atoms with Gasteiger partial charge in [-0.15, -0.1) is 0 Å². The van der Waals surface area contributed by atoms with E-state index in [9.17, 15) is 14.4 Å². The summed E-state index contributed by atoms with van der Waals surface area (Å²) < 4.78 is 0. The Morgan fingerprint density at radius 3 is 2.05 bits per heavy atom. The molecule has 1 aliphatic carbocycles. The zero-order valence-electron chi connectivity index (χ0n) is 11.9. The molecule has 1 saturated heterocycles. The molecule has 0 aromatic carbocycles. The van der Waals surface area contributed by atoms with E-state index in [4.69, 9.17) is 5.11 Å². The molecule has 0 bridgehead atoms. The first-order valence-corrected chi connectivity index (χ1v) is 7.26. The smallest absolute Gasteiger partial charge is 0.306 e. The quantitative estimate of drug-likeness (QED) is 0.803. The Kier molecular flexibility index (Phi) is 4.62. The van der Waals surface area contributed by atoms with Crippen molar-refractivity contribution in [1.29, 1.82) is 0 Å². The predicted molar refractivity (Wildman–Crippen MR) is 71.9 cm³/mol. The molecule has 20 heavy (non-hydrogen) atoms. The summed E-state index contributed by atoms with van der Waals surface area (Å²) in [5.74, 6) is -1.21. The summed E-state index contributed by atoms with van der Waals surface area (Å²) in [6.07, 6.45) is 2.73. The Morgan fingerprint density at radius 2 is 1.50 bits per heavy atom. The largest absolute Gasteiger partial charge is 0.481 e. The van der Waals surface area contributed by atoms with Crippen molar-refractivity contribution in [1.82, 2.24) is 9.80 Å². The second-order valence-electron chi connectivity index (χ2n) is 5.73. The number of nitrogens with zero attached hydrogens (tertiary/aromatic N) is 2. The molecule has 0 aromatic rings. The van der Waals surface area contributed by atoms with Gasteiger partial charge in [-0.25, -0.2) is 0 Å². The SMILES string of the molecule is CC(=O)N1CCN(C(=O)C2CCCC(C(=O)O)C2)CC1. The van der Waals surface area contributed by atoms with Crippen molar-refractivity contribution in [2.24, 2.45) is 11.8 Å². The van der Waals surface area contributed by atoms with Crippen LogP contribution in [0.1, 0.15) is 32.6 Å².